The molecule has 2 nitrogen and oxygen atoms in total. The van der Waals surface area contributed by atoms with Crippen LogP contribution in [-0.4, -0.2) is 17.7 Å². The van der Waals surface area contributed by atoms with Gasteiger partial charge in [-0.3, -0.25) is 4.79 Å². The first-order valence-electron chi connectivity index (χ1n) is 7.23. The molecule has 2 aromatic rings. The van der Waals surface area contributed by atoms with Crippen molar-refractivity contribution in [3.63, 3.8) is 0 Å². The maximum Gasteiger partial charge on any atom is 0.178 e. The van der Waals surface area contributed by atoms with Crippen LogP contribution in [-0.2, 0) is 4.79 Å². The van der Waals surface area contributed by atoms with Crippen LogP contribution in [0, 0.1) is 0 Å². The third-order valence-corrected chi connectivity index (χ3v) is 4.13. The molecular formula is C19H15BrCl2O2. The molecule has 0 unspecified atom stereocenters. The van der Waals surface area contributed by atoms with Crippen molar-refractivity contribution in [2.75, 3.05) is 11.9 Å². The maximum atomic E-state index is 12.0. The molecule has 0 aliphatic carbocycles. The minimum Gasteiger partial charge on any atom is -0.492 e. The van der Waals surface area contributed by atoms with Gasteiger partial charge in [0.15, 0.2) is 5.78 Å². The van der Waals surface area contributed by atoms with Gasteiger partial charge in [-0.15, -0.1) is 0 Å². The molecule has 0 atom stereocenters. The number of carbonyl (C=O) groups is 1. The zero-order valence-electron chi connectivity index (χ0n) is 12.7. The van der Waals surface area contributed by atoms with E-state index in [9.17, 15) is 4.79 Å². The average molecular weight is 426 g/mol. The van der Waals surface area contributed by atoms with E-state index in [1.54, 1.807) is 30.4 Å². The van der Waals surface area contributed by atoms with Crippen LogP contribution in [0.25, 0.3) is 12.2 Å². The molecule has 0 radical (unpaired) electrons. The van der Waals surface area contributed by atoms with E-state index in [-0.39, 0.29) is 5.78 Å². The Bertz CT molecular complexity index is 770. The predicted molar refractivity (Wildman–Crippen MR) is 105 cm³/mol. The first kappa shape index (κ1) is 18.8. The van der Waals surface area contributed by atoms with Crippen LogP contribution >= 0.6 is 39.1 Å². The van der Waals surface area contributed by atoms with Crippen LogP contribution < -0.4 is 4.74 Å². The Hall–Kier alpha value is -1.55. The van der Waals surface area contributed by atoms with Crippen molar-refractivity contribution in [1.82, 2.24) is 0 Å². The lowest BCUT2D eigenvalue weighted by Crippen LogP contribution is -1.99. The van der Waals surface area contributed by atoms with Crippen LogP contribution in [0.4, 0.5) is 0 Å². The molecule has 0 aliphatic rings. The van der Waals surface area contributed by atoms with E-state index >= 15 is 0 Å². The second-order valence-electron chi connectivity index (χ2n) is 4.82. The molecule has 2 aromatic carbocycles. The van der Waals surface area contributed by atoms with Crippen LogP contribution in [0.3, 0.4) is 0 Å². The SMILES string of the molecule is O=C(C=Cc1ccc(Cl)c(Cl)c1)C=Cc1ccccc1OCCBr. The van der Waals surface area contributed by atoms with Gasteiger partial charge in [-0.05, 0) is 42.0 Å². The van der Waals surface area contributed by atoms with Gasteiger partial charge in [-0.2, -0.15) is 0 Å². The summed E-state index contributed by atoms with van der Waals surface area (Å²) in [6, 6.07) is 12.8. The number of alkyl halides is 1. The Morgan fingerprint density at radius 2 is 1.79 bits per heavy atom. The smallest absolute Gasteiger partial charge is 0.178 e. The highest BCUT2D eigenvalue weighted by Gasteiger charge is 2.00. The van der Waals surface area contributed by atoms with Gasteiger partial charge in [0.2, 0.25) is 0 Å². The molecule has 0 saturated carbocycles. The molecule has 0 aliphatic heterocycles. The molecule has 0 aromatic heterocycles. The summed E-state index contributed by atoms with van der Waals surface area (Å²) in [6.45, 7) is 0.566. The molecule has 24 heavy (non-hydrogen) atoms. The fourth-order valence-corrected chi connectivity index (χ4v) is 2.39. The van der Waals surface area contributed by atoms with E-state index in [0.717, 1.165) is 22.2 Å². The largest absolute Gasteiger partial charge is 0.492 e. The molecule has 0 bridgehead atoms. The number of hydrogen-bond donors (Lipinski definition) is 0. The standard InChI is InChI=1S/C19H15BrCl2O2/c20-11-12-24-19-4-2-1-3-15(19)7-9-16(23)8-5-14-6-10-17(21)18(22)13-14/h1-10,13H,11-12H2. The predicted octanol–water partition coefficient (Wildman–Crippen LogP) is 6.06. The Labute approximate surface area is 159 Å². The molecule has 0 spiro atoms. The van der Waals surface area contributed by atoms with Crippen LogP contribution in [0.5, 0.6) is 5.75 Å². The van der Waals surface area contributed by atoms with Crippen molar-refractivity contribution in [3.8, 4) is 5.75 Å². The van der Waals surface area contributed by atoms with Gasteiger partial charge in [0, 0.05) is 10.9 Å². The van der Waals surface area contributed by atoms with Gasteiger partial charge in [0.25, 0.3) is 0 Å². The van der Waals surface area contributed by atoms with Gasteiger partial charge >= 0.3 is 0 Å². The summed E-state index contributed by atoms with van der Waals surface area (Å²) in [4.78, 5) is 12.0. The molecule has 0 amide bonds. The minimum atomic E-state index is -0.128. The summed E-state index contributed by atoms with van der Waals surface area (Å²) < 4.78 is 5.62. The van der Waals surface area contributed by atoms with Crippen molar-refractivity contribution >= 4 is 57.1 Å². The fraction of sp³-hybridized carbons (Fsp3) is 0.105. The number of ketones is 1. The number of rotatable bonds is 7. The van der Waals surface area contributed by atoms with Crippen molar-refractivity contribution in [2.24, 2.45) is 0 Å². The summed E-state index contributed by atoms with van der Waals surface area (Å²) in [7, 11) is 0. The van der Waals surface area contributed by atoms with Crippen molar-refractivity contribution in [2.45, 2.75) is 0 Å². The number of ether oxygens (including phenoxy) is 1. The van der Waals surface area contributed by atoms with E-state index < -0.39 is 0 Å². The summed E-state index contributed by atoms with van der Waals surface area (Å²) in [6.07, 6.45) is 6.43. The quantitative estimate of drug-likeness (QED) is 0.397. The minimum absolute atomic E-state index is 0.128. The van der Waals surface area contributed by atoms with Gasteiger partial charge in [0.05, 0.1) is 16.7 Å². The summed E-state index contributed by atoms with van der Waals surface area (Å²) in [5.41, 5.74) is 1.67. The zero-order chi connectivity index (χ0) is 17.4. The average Bonchev–Trinajstić information content (AvgIpc) is 2.59. The lowest BCUT2D eigenvalue weighted by Gasteiger charge is -2.06. The third-order valence-electron chi connectivity index (χ3n) is 3.06. The molecule has 5 heteroatoms. The van der Waals surface area contributed by atoms with Gasteiger partial charge in [0.1, 0.15) is 5.75 Å². The number of hydrogen-bond acceptors (Lipinski definition) is 2. The number of benzene rings is 2. The number of carbonyl (C=O) groups excluding carboxylic acids is 1. The second kappa shape index (κ2) is 9.67. The third kappa shape index (κ3) is 5.82. The van der Waals surface area contributed by atoms with E-state index in [0.29, 0.717) is 16.7 Å². The second-order valence-corrected chi connectivity index (χ2v) is 6.43. The molecular weight excluding hydrogens is 411 g/mol. The van der Waals surface area contributed by atoms with E-state index in [2.05, 4.69) is 15.9 Å². The Morgan fingerprint density at radius 3 is 2.54 bits per heavy atom. The molecule has 124 valence electrons. The van der Waals surface area contributed by atoms with Crippen LogP contribution in [0.2, 0.25) is 10.0 Å². The zero-order valence-corrected chi connectivity index (χ0v) is 15.8. The Balaban J connectivity index is 2.05. The highest BCUT2D eigenvalue weighted by molar-refractivity contribution is 9.09. The maximum absolute atomic E-state index is 12.0. The van der Waals surface area contributed by atoms with E-state index in [1.165, 1.54) is 12.2 Å². The molecule has 0 saturated heterocycles. The highest BCUT2D eigenvalue weighted by atomic mass is 79.9. The first-order chi connectivity index (χ1) is 11.6. The first-order valence-corrected chi connectivity index (χ1v) is 9.11. The van der Waals surface area contributed by atoms with Crippen molar-refractivity contribution < 1.29 is 9.53 Å². The Kier molecular flexibility index (Phi) is 7.57. The van der Waals surface area contributed by atoms with Crippen LogP contribution in [0.1, 0.15) is 11.1 Å². The van der Waals surface area contributed by atoms with E-state index in [1.807, 2.05) is 24.3 Å². The van der Waals surface area contributed by atoms with Crippen molar-refractivity contribution in [1.29, 1.82) is 0 Å². The number of halogens is 3. The highest BCUT2D eigenvalue weighted by Crippen LogP contribution is 2.23. The lowest BCUT2D eigenvalue weighted by molar-refractivity contribution is -0.110. The molecule has 0 fully saturated rings. The molecule has 2 rings (SSSR count). The van der Waals surface area contributed by atoms with Gasteiger partial charge < -0.3 is 4.74 Å². The van der Waals surface area contributed by atoms with Crippen molar-refractivity contribution in [3.05, 3.63) is 75.8 Å². The summed E-state index contributed by atoms with van der Waals surface area (Å²) in [5.74, 6) is 0.617. The number of para-hydroxylation sites is 1. The molecule has 0 heterocycles. The lowest BCUT2D eigenvalue weighted by atomic mass is 10.1. The van der Waals surface area contributed by atoms with Gasteiger partial charge in [-0.1, -0.05) is 69.5 Å². The fourth-order valence-electron chi connectivity index (χ4n) is 1.92. The summed E-state index contributed by atoms with van der Waals surface area (Å²) >= 11 is 15.1. The number of allylic oxidation sites excluding steroid dienone is 2. The monoisotopic (exact) mass is 424 g/mol. The topological polar surface area (TPSA) is 26.3 Å². The van der Waals surface area contributed by atoms with Gasteiger partial charge in [-0.25, -0.2) is 0 Å². The van der Waals surface area contributed by atoms with Crippen LogP contribution in [0.15, 0.2) is 54.6 Å². The normalized spacial score (nSPS) is 11.3. The summed E-state index contributed by atoms with van der Waals surface area (Å²) in [5, 5.41) is 1.69. The van der Waals surface area contributed by atoms with E-state index in [4.69, 9.17) is 27.9 Å². The Morgan fingerprint density at radius 1 is 1.04 bits per heavy atom. The molecule has 0 N–H and O–H groups in total.